The van der Waals surface area contributed by atoms with Gasteiger partial charge in [-0.3, -0.25) is 4.79 Å². The summed E-state index contributed by atoms with van der Waals surface area (Å²) in [5.74, 6) is -0.195. The molecule has 0 aliphatic heterocycles. The van der Waals surface area contributed by atoms with Gasteiger partial charge < -0.3 is 10.1 Å². The van der Waals surface area contributed by atoms with Crippen LogP contribution >= 0.6 is 11.6 Å². The molecule has 0 bridgehead atoms. The maximum absolute atomic E-state index is 11.6. The van der Waals surface area contributed by atoms with E-state index in [2.05, 4.69) is 10.3 Å². The topological polar surface area (TPSA) is 51.2 Å². The molecule has 1 N–H and O–H groups in total. The van der Waals surface area contributed by atoms with Crippen LogP contribution in [-0.2, 0) is 4.74 Å². The molecule has 1 rings (SSSR count). The lowest BCUT2D eigenvalue weighted by molar-refractivity contribution is 0.0946. The molecule has 0 atom stereocenters. The Morgan fingerprint density at radius 1 is 1.50 bits per heavy atom. The molecule has 1 amide bonds. The van der Waals surface area contributed by atoms with Gasteiger partial charge in [0.15, 0.2) is 0 Å². The second kappa shape index (κ2) is 7.19. The fourth-order valence-electron chi connectivity index (χ4n) is 1.20. The molecule has 0 saturated heterocycles. The highest BCUT2D eigenvalue weighted by Gasteiger charge is 2.05. The Hall–Kier alpha value is -1.13. The molecule has 0 spiro atoms. The number of carbonyl (C=O) groups is 1. The third kappa shape index (κ3) is 4.59. The van der Waals surface area contributed by atoms with Gasteiger partial charge in [-0.05, 0) is 25.0 Å². The minimum Gasteiger partial charge on any atom is -0.385 e. The molecule has 0 unspecified atom stereocenters. The summed E-state index contributed by atoms with van der Waals surface area (Å²) in [6, 6.07) is 4.97. The van der Waals surface area contributed by atoms with Crippen molar-refractivity contribution in [2.24, 2.45) is 0 Å². The van der Waals surface area contributed by atoms with Crippen LogP contribution in [0.2, 0.25) is 5.15 Å². The molecular weight excluding hydrogens is 228 g/mol. The maximum Gasteiger partial charge on any atom is 0.269 e. The summed E-state index contributed by atoms with van der Waals surface area (Å²) in [5, 5.41) is 3.10. The lowest BCUT2D eigenvalue weighted by Crippen LogP contribution is -2.25. The van der Waals surface area contributed by atoms with Crippen molar-refractivity contribution in [2.45, 2.75) is 12.8 Å². The molecule has 88 valence electrons. The fourth-order valence-corrected chi connectivity index (χ4v) is 1.36. The van der Waals surface area contributed by atoms with E-state index >= 15 is 0 Å². The van der Waals surface area contributed by atoms with Crippen molar-refractivity contribution in [3.05, 3.63) is 29.0 Å². The maximum atomic E-state index is 11.6. The number of nitrogens with one attached hydrogen (secondary N) is 1. The number of amides is 1. The van der Waals surface area contributed by atoms with E-state index < -0.39 is 0 Å². The van der Waals surface area contributed by atoms with E-state index in [0.717, 1.165) is 12.8 Å². The van der Waals surface area contributed by atoms with Crippen LogP contribution in [0.5, 0.6) is 0 Å². The largest absolute Gasteiger partial charge is 0.385 e. The van der Waals surface area contributed by atoms with Gasteiger partial charge in [-0.15, -0.1) is 0 Å². The summed E-state index contributed by atoms with van der Waals surface area (Å²) >= 11 is 5.68. The van der Waals surface area contributed by atoms with Crippen molar-refractivity contribution in [1.29, 1.82) is 0 Å². The zero-order valence-electron chi connectivity index (χ0n) is 9.20. The number of unbranched alkanes of at least 4 members (excludes halogenated alkanes) is 1. The number of rotatable bonds is 6. The van der Waals surface area contributed by atoms with Crippen LogP contribution in [0.15, 0.2) is 18.2 Å². The van der Waals surface area contributed by atoms with Crippen molar-refractivity contribution in [1.82, 2.24) is 10.3 Å². The zero-order chi connectivity index (χ0) is 11.8. The Morgan fingerprint density at radius 2 is 2.31 bits per heavy atom. The van der Waals surface area contributed by atoms with Gasteiger partial charge in [0.2, 0.25) is 0 Å². The Morgan fingerprint density at radius 3 is 3.00 bits per heavy atom. The monoisotopic (exact) mass is 242 g/mol. The van der Waals surface area contributed by atoms with Crippen molar-refractivity contribution >= 4 is 17.5 Å². The molecule has 1 heterocycles. The van der Waals surface area contributed by atoms with Gasteiger partial charge in [0.05, 0.1) is 0 Å². The molecule has 0 aliphatic carbocycles. The third-order valence-corrected chi connectivity index (χ3v) is 2.22. The van der Waals surface area contributed by atoms with E-state index in [1.54, 1.807) is 25.3 Å². The predicted molar refractivity (Wildman–Crippen MR) is 62.7 cm³/mol. The van der Waals surface area contributed by atoms with Crippen LogP contribution in [0, 0.1) is 0 Å². The molecule has 5 heteroatoms. The predicted octanol–water partition coefficient (Wildman–Crippen LogP) is 1.89. The Bertz CT molecular complexity index is 345. The highest BCUT2D eigenvalue weighted by Crippen LogP contribution is 2.04. The van der Waals surface area contributed by atoms with Gasteiger partial charge in [0.1, 0.15) is 10.8 Å². The van der Waals surface area contributed by atoms with Crippen LogP contribution in [0.3, 0.4) is 0 Å². The van der Waals surface area contributed by atoms with Crippen molar-refractivity contribution in [3.63, 3.8) is 0 Å². The number of methoxy groups -OCH3 is 1. The molecule has 4 nitrogen and oxygen atoms in total. The molecule has 0 aliphatic rings. The van der Waals surface area contributed by atoms with Gasteiger partial charge in [-0.1, -0.05) is 17.7 Å². The smallest absolute Gasteiger partial charge is 0.269 e. The van der Waals surface area contributed by atoms with E-state index in [1.165, 1.54) is 0 Å². The van der Waals surface area contributed by atoms with Gasteiger partial charge in [-0.25, -0.2) is 4.98 Å². The molecule has 0 radical (unpaired) electrons. The summed E-state index contributed by atoms with van der Waals surface area (Å²) in [5.41, 5.74) is 0.347. The lowest BCUT2D eigenvalue weighted by Gasteiger charge is -2.04. The number of halogens is 1. The van der Waals surface area contributed by atoms with E-state index in [1.807, 2.05) is 0 Å². The molecule has 0 saturated carbocycles. The molecule has 0 aromatic carbocycles. The second-order valence-corrected chi connectivity index (χ2v) is 3.69. The molecule has 1 aromatic rings. The number of hydrogen-bond donors (Lipinski definition) is 1. The van der Waals surface area contributed by atoms with Crippen molar-refractivity contribution in [3.8, 4) is 0 Å². The third-order valence-electron chi connectivity index (χ3n) is 2.01. The number of hydrogen-bond acceptors (Lipinski definition) is 3. The van der Waals surface area contributed by atoms with Crippen molar-refractivity contribution in [2.75, 3.05) is 20.3 Å². The number of nitrogens with zero attached hydrogens (tertiary/aromatic N) is 1. The van der Waals surface area contributed by atoms with Crippen LogP contribution in [0.1, 0.15) is 23.3 Å². The number of aromatic nitrogens is 1. The number of ether oxygens (including phenoxy) is 1. The first-order valence-corrected chi connectivity index (χ1v) is 5.51. The second-order valence-electron chi connectivity index (χ2n) is 3.30. The van der Waals surface area contributed by atoms with Gasteiger partial charge >= 0.3 is 0 Å². The van der Waals surface area contributed by atoms with E-state index in [4.69, 9.17) is 16.3 Å². The first kappa shape index (κ1) is 12.9. The van der Waals surface area contributed by atoms with Gasteiger partial charge in [-0.2, -0.15) is 0 Å². The molecule has 16 heavy (non-hydrogen) atoms. The Balaban J connectivity index is 2.30. The zero-order valence-corrected chi connectivity index (χ0v) is 9.96. The number of carbonyl (C=O) groups excluding carboxylic acids is 1. The number of pyridine rings is 1. The molecular formula is C11H15ClN2O2. The summed E-state index contributed by atoms with van der Waals surface area (Å²) in [7, 11) is 1.66. The average Bonchev–Trinajstić information content (AvgIpc) is 2.28. The van der Waals surface area contributed by atoms with E-state index in [0.29, 0.717) is 24.0 Å². The quantitative estimate of drug-likeness (QED) is 0.612. The summed E-state index contributed by atoms with van der Waals surface area (Å²) in [6.45, 7) is 1.33. The minimum absolute atomic E-state index is 0.195. The van der Waals surface area contributed by atoms with Crippen LogP contribution < -0.4 is 5.32 Å². The Labute approximate surface area is 100.0 Å². The minimum atomic E-state index is -0.195. The van der Waals surface area contributed by atoms with Crippen LogP contribution in [0.25, 0.3) is 0 Å². The van der Waals surface area contributed by atoms with Gasteiger partial charge in [0, 0.05) is 20.3 Å². The van der Waals surface area contributed by atoms with Crippen LogP contribution in [0.4, 0.5) is 0 Å². The van der Waals surface area contributed by atoms with E-state index in [-0.39, 0.29) is 5.91 Å². The first-order valence-electron chi connectivity index (χ1n) is 5.13. The SMILES string of the molecule is COCCCCNC(=O)c1cccc(Cl)n1. The standard InChI is InChI=1S/C11H15ClN2O2/c1-16-8-3-2-7-13-11(15)9-5-4-6-10(12)14-9/h4-6H,2-3,7-8H2,1H3,(H,13,15). The molecule has 1 aromatic heterocycles. The highest BCUT2D eigenvalue weighted by molar-refractivity contribution is 6.29. The van der Waals surface area contributed by atoms with E-state index in [9.17, 15) is 4.79 Å². The first-order chi connectivity index (χ1) is 7.74. The fraction of sp³-hybridized carbons (Fsp3) is 0.455. The lowest BCUT2D eigenvalue weighted by atomic mass is 10.3. The van der Waals surface area contributed by atoms with Crippen LogP contribution in [-0.4, -0.2) is 31.2 Å². The summed E-state index contributed by atoms with van der Waals surface area (Å²) in [4.78, 5) is 15.5. The van der Waals surface area contributed by atoms with Crippen molar-refractivity contribution < 1.29 is 9.53 Å². The van der Waals surface area contributed by atoms with Gasteiger partial charge in [0.25, 0.3) is 5.91 Å². The molecule has 0 fully saturated rings. The summed E-state index contributed by atoms with van der Waals surface area (Å²) in [6.07, 6.45) is 1.82. The highest BCUT2D eigenvalue weighted by atomic mass is 35.5. The average molecular weight is 243 g/mol. The Kier molecular flexibility index (Phi) is 5.82. The normalized spacial score (nSPS) is 10.1. The summed E-state index contributed by atoms with van der Waals surface area (Å²) < 4.78 is 4.91.